The van der Waals surface area contributed by atoms with E-state index in [1.54, 1.807) is 0 Å². The molecule has 10 aromatic carbocycles. The lowest BCUT2D eigenvalue weighted by Gasteiger charge is -2.26. The zero-order valence-electron chi connectivity index (χ0n) is 33.3. The largest absolute Gasteiger partial charge is 0.310 e. The smallest absolute Gasteiger partial charge is 0.0468 e. The molecule has 58 heavy (non-hydrogen) atoms. The Kier molecular flexibility index (Phi) is 7.72. The van der Waals surface area contributed by atoms with E-state index in [0.717, 1.165) is 17.1 Å². The summed E-state index contributed by atoms with van der Waals surface area (Å²) in [5, 5.41) is 10.0. The molecular weight excluding hydrogens is 699 g/mol. The van der Waals surface area contributed by atoms with Gasteiger partial charge >= 0.3 is 0 Å². The summed E-state index contributed by atoms with van der Waals surface area (Å²) in [6.07, 6.45) is 0. The second kappa shape index (κ2) is 13.0. The number of fused-ring (bicyclic) bond motifs is 7. The highest BCUT2D eigenvalue weighted by atomic mass is 15.1. The van der Waals surface area contributed by atoms with Gasteiger partial charge in [0.1, 0.15) is 0 Å². The predicted octanol–water partition coefficient (Wildman–Crippen LogP) is 16.0. The molecule has 0 spiro atoms. The Morgan fingerprint density at radius 1 is 0.345 bits per heavy atom. The van der Waals surface area contributed by atoms with Gasteiger partial charge in [-0.3, -0.25) is 0 Å². The topological polar surface area (TPSA) is 3.24 Å². The number of benzene rings is 10. The van der Waals surface area contributed by atoms with Gasteiger partial charge in [-0.1, -0.05) is 141 Å². The van der Waals surface area contributed by atoms with Crippen LogP contribution in [0.4, 0.5) is 17.1 Å². The van der Waals surface area contributed by atoms with Gasteiger partial charge in [0.15, 0.2) is 0 Å². The molecule has 11 rings (SSSR count). The minimum absolute atomic E-state index is 0.0811. The minimum atomic E-state index is -0.0811. The maximum absolute atomic E-state index is 2.48. The average Bonchev–Trinajstić information content (AvgIpc) is 3.47. The Labute approximate surface area is 340 Å². The maximum Gasteiger partial charge on any atom is 0.0468 e. The van der Waals surface area contributed by atoms with Crippen molar-refractivity contribution in [1.29, 1.82) is 0 Å². The van der Waals surface area contributed by atoms with Crippen LogP contribution < -0.4 is 4.90 Å². The van der Waals surface area contributed by atoms with Gasteiger partial charge in [0.05, 0.1) is 0 Å². The summed E-state index contributed by atoms with van der Waals surface area (Å²) in [6.45, 7) is 9.07. The van der Waals surface area contributed by atoms with E-state index < -0.39 is 0 Å². The van der Waals surface area contributed by atoms with Gasteiger partial charge in [-0.25, -0.2) is 0 Å². The lowest BCUT2D eigenvalue weighted by atomic mass is 9.80. The zero-order chi connectivity index (χ0) is 39.1. The number of rotatable bonds is 5. The van der Waals surface area contributed by atoms with Crippen molar-refractivity contribution in [2.45, 2.75) is 33.1 Å². The summed E-state index contributed by atoms with van der Waals surface area (Å²) >= 11 is 0. The number of nitrogens with zero attached hydrogens (tertiary/aromatic N) is 1. The molecule has 1 nitrogen and oxygen atoms in total. The number of hydrogen-bond acceptors (Lipinski definition) is 1. The van der Waals surface area contributed by atoms with Crippen LogP contribution in [0.15, 0.2) is 188 Å². The third-order valence-electron chi connectivity index (χ3n) is 12.7. The molecule has 0 atom stereocenters. The van der Waals surface area contributed by atoms with Crippen LogP contribution in [-0.2, 0) is 5.41 Å². The van der Waals surface area contributed by atoms with Gasteiger partial charge < -0.3 is 4.90 Å². The van der Waals surface area contributed by atoms with Gasteiger partial charge in [-0.15, -0.1) is 0 Å². The van der Waals surface area contributed by atoms with Crippen LogP contribution in [0.1, 0.15) is 36.1 Å². The molecule has 276 valence electrons. The van der Waals surface area contributed by atoms with Crippen molar-refractivity contribution in [2.75, 3.05) is 4.90 Å². The van der Waals surface area contributed by atoms with Crippen molar-refractivity contribution >= 4 is 60.2 Å². The van der Waals surface area contributed by atoms with Gasteiger partial charge in [0.25, 0.3) is 0 Å². The molecule has 0 bridgehead atoms. The summed E-state index contributed by atoms with van der Waals surface area (Å²) in [6, 6.07) is 70.4. The molecule has 0 N–H and O–H groups in total. The molecule has 0 saturated heterocycles. The average molecular weight is 742 g/mol. The molecule has 0 heterocycles. The van der Waals surface area contributed by atoms with E-state index in [4.69, 9.17) is 0 Å². The van der Waals surface area contributed by atoms with E-state index in [2.05, 4.69) is 221 Å². The molecule has 0 aliphatic heterocycles. The van der Waals surface area contributed by atoms with E-state index in [0.29, 0.717) is 0 Å². The molecule has 1 aliphatic carbocycles. The normalized spacial score (nSPS) is 13.0. The highest BCUT2D eigenvalue weighted by molar-refractivity contribution is 6.24. The van der Waals surface area contributed by atoms with E-state index in [9.17, 15) is 0 Å². The van der Waals surface area contributed by atoms with Gasteiger partial charge in [-0.05, 0) is 173 Å². The Morgan fingerprint density at radius 3 is 1.50 bits per heavy atom. The molecule has 0 fully saturated rings. The molecule has 0 unspecified atom stereocenters. The van der Waals surface area contributed by atoms with Crippen molar-refractivity contribution in [3.05, 3.63) is 210 Å². The van der Waals surface area contributed by atoms with Crippen LogP contribution in [-0.4, -0.2) is 0 Å². The molecule has 1 aliphatic rings. The summed E-state index contributed by atoms with van der Waals surface area (Å²) < 4.78 is 0. The highest BCUT2D eigenvalue weighted by Crippen LogP contribution is 2.52. The zero-order valence-corrected chi connectivity index (χ0v) is 33.3. The van der Waals surface area contributed by atoms with Crippen molar-refractivity contribution in [3.63, 3.8) is 0 Å². The fourth-order valence-electron chi connectivity index (χ4n) is 9.85. The van der Waals surface area contributed by atoms with Crippen LogP contribution in [0.5, 0.6) is 0 Å². The molecule has 0 saturated carbocycles. The van der Waals surface area contributed by atoms with Gasteiger partial charge in [0.2, 0.25) is 0 Å². The summed E-state index contributed by atoms with van der Waals surface area (Å²) in [5.41, 5.74) is 16.4. The third kappa shape index (κ3) is 5.38. The Hall–Kier alpha value is -6.96. The number of anilines is 3. The van der Waals surface area contributed by atoms with E-state index in [1.807, 2.05) is 0 Å². The highest BCUT2D eigenvalue weighted by Gasteiger charge is 2.35. The first kappa shape index (κ1) is 34.3. The first-order valence-electron chi connectivity index (χ1n) is 20.4. The standard InChI is InChI=1S/C57H43N/c1-36-13-11-17-44(29-36)58(45-18-12-14-37(2)30-45)46-27-25-40-31-42(24-23-41(40)32-46)55-49-20-7-8-21-50(49)56(52-34-39-16-6-5-15-38(39)33-51(52)55)43-26-28-48-47-19-9-10-22-53(47)57(3,4)54(48)35-43/h5-35H,1-4H3. The lowest BCUT2D eigenvalue weighted by Crippen LogP contribution is -2.14. The van der Waals surface area contributed by atoms with Crippen molar-refractivity contribution < 1.29 is 0 Å². The molecule has 1 heteroatoms. The van der Waals surface area contributed by atoms with E-state index in [1.165, 1.54) is 98.7 Å². The lowest BCUT2D eigenvalue weighted by molar-refractivity contribution is 0.660. The second-order valence-corrected chi connectivity index (χ2v) is 16.7. The number of hydrogen-bond donors (Lipinski definition) is 0. The van der Waals surface area contributed by atoms with Gasteiger partial charge in [0, 0.05) is 22.5 Å². The Morgan fingerprint density at radius 2 is 0.845 bits per heavy atom. The van der Waals surface area contributed by atoms with Crippen molar-refractivity contribution in [2.24, 2.45) is 0 Å². The number of aryl methyl sites for hydroxylation is 2. The minimum Gasteiger partial charge on any atom is -0.310 e. The van der Waals surface area contributed by atoms with Crippen LogP contribution >= 0.6 is 0 Å². The first-order chi connectivity index (χ1) is 28.3. The third-order valence-corrected chi connectivity index (χ3v) is 12.7. The quantitative estimate of drug-likeness (QED) is 0.159. The SMILES string of the molecule is Cc1cccc(N(c2cccc(C)c2)c2ccc3cc(-c4c5ccccc5c(-c5ccc6c(c5)C(C)(C)c5ccccc5-6)c5cc6ccccc6cc45)ccc3c2)c1. The molecule has 0 amide bonds. The van der Waals surface area contributed by atoms with Crippen molar-refractivity contribution in [1.82, 2.24) is 0 Å². The Bertz CT molecular complexity index is 3250. The van der Waals surface area contributed by atoms with E-state index in [-0.39, 0.29) is 5.41 Å². The predicted molar refractivity (Wildman–Crippen MR) is 249 cm³/mol. The first-order valence-corrected chi connectivity index (χ1v) is 20.4. The molecule has 0 radical (unpaired) electrons. The van der Waals surface area contributed by atoms with Crippen LogP contribution in [0, 0.1) is 13.8 Å². The van der Waals surface area contributed by atoms with Crippen LogP contribution in [0.2, 0.25) is 0 Å². The van der Waals surface area contributed by atoms with E-state index >= 15 is 0 Å². The van der Waals surface area contributed by atoms with Crippen molar-refractivity contribution in [3.8, 4) is 33.4 Å². The van der Waals surface area contributed by atoms with Crippen LogP contribution in [0.25, 0.3) is 76.5 Å². The van der Waals surface area contributed by atoms with Crippen LogP contribution in [0.3, 0.4) is 0 Å². The molecule has 10 aromatic rings. The fourth-order valence-corrected chi connectivity index (χ4v) is 9.85. The summed E-state index contributed by atoms with van der Waals surface area (Å²) in [5.74, 6) is 0. The fraction of sp³-hybridized carbons (Fsp3) is 0.0877. The molecular formula is C57H43N. The Balaban J connectivity index is 1.12. The summed E-state index contributed by atoms with van der Waals surface area (Å²) in [4.78, 5) is 2.37. The van der Waals surface area contributed by atoms with Gasteiger partial charge in [-0.2, -0.15) is 0 Å². The maximum atomic E-state index is 2.48. The molecule has 0 aromatic heterocycles. The monoisotopic (exact) mass is 741 g/mol. The summed E-state index contributed by atoms with van der Waals surface area (Å²) in [7, 11) is 0. The second-order valence-electron chi connectivity index (χ2n) is 16.7.